The summed E-state index contributed by atoms with van der Waals surface area (Å²) in [6.45, 7) is 0.728. The molecule has 8 nitrogen and oxygen atoms in total. The van der Waals surface area contributed by atoms with E-state index in [1.807, 2.05) is 0 Å². The van der Waals surface area contributed by atoms with Gasteiger partial charge in [0, 0.05) is 25.2 Å². The summed E-state index contributed by atoms with van der Waals surface area (Å²) in [5.41, 5.74) is 0.438. The zero-order valence-electron chi connectivity index (χ0n) is 17.8. The van der Waals surface area contributed by atoms with Crippen molar-refractivity contribution in [2.75, 3.05) is 31.3 Å². The van der Waals surface area contributed by atoms with Crippen molar-refractivity contribution in [2.45, 2.75) is 19.5 Å². The van der Waals surface area contributed by atoms with Gasteiger partial charge in [0.1, 0.15) is 24.2 Å². The van der Waals surface area contributed by atoms with E-state index in [4.69, 9.17) is 4.74 Å². The number of ether oxygens (including phenoxy) is 1. The number of nitrogens with zero attached hydrogens (tertiary/aromatic N) is 2. The minimum absolute atomic E-state index is 0.199. The number of hydrogen-bond acceptors (Lipinski definition) is 5. The number of anilines is 1. The first-order chi connectivity index (χ1) is 14.6. The maximum absolute atomic E-state index is 14.2. The van der Waals surface area contributed by atoms with Gasteiger partial charge in [0.25, 0.3) is 0 Å². The van der Waals surface area contributed by atoms with Crippen molar-refractivity contribution in [1.29, 1.82) is 0 Å². The van der Waals surface area contributed by atoms with Gasteiger partial charge in [-0.25, -0.2) is 12.8 Å². The number of nitrogens with one attached hydrogen (secondary N) is 1. The molecule has 2 aromatic rings. The highest BCUT2D eigenvalue weighted by Crippen LogP contribution is 2.24. The third-order valence-corrected chi connectivity index (χ3v) is 5.87. The lowest BCUT2D eigenvalue weighted by atomic mass is 10.1. The van der Waals surface area contributed by atoms with Crippen LogP contribution in [0, 0.1) is 5.82 Å². The summed E-state index contributed by atoms with van der Waals surface area (Å²) in [5.74, 6) is -1.23. The number of carbonyl (C=O) groups is 2. The zero-order chi connectivity index (χ0) is 23.2. The van der Waals surface area contributed by atoms with Crippen LogP contribution in [0.2, 0.25) is 0 Å². The average Bonchev–Trinajstić information content (AvgIpc) is 2.74. The highest BCUT2D eigenvalue weighted by atomic mass is 32.2. The van der Waals surface area contributed by atoms with Gasteiger partial charge in [0.05, 0.1) is 19.1 Å². The number of sulfonamides is 1. The third kappa shape index (κ3) is 6.17. The Bertz CT molecular complexity index is 1040. The molecule has 31 heavy (non-hydrogen) atoms. The smallest absolute Gasteiger partial charge is 0.244 e. The fourth-order valence-corrected chi connectivity index (χ4v) is 3.82. The lowest BCUT2D eigenvalue weighted by Crippen LogP contribution is -2.50. The van der Waals surface area contributed by atoms with Crippen molar-refractivity contribution in [3.05, 3.63) is 59.9 Å². The molecular formula is C21H26FN3O5S. The van der Waals surface area contributed by atoms with Crippen LogP contribution in [-0.4, -0.2) is 58.1 Å². The van der Waals surface area contributed by atoms with Crippen LogP contribution in [0.1, 0.15) is 12.5 Å². The molecule has 1 unspecified atom stereocenters. The van der Waals surface area contributed by atoms with Gasteiger partial charge >= 0.3 is 0 Å². The van der Waals surface area contributed by atoms with Gasteiger partial charge in [0.2, 0.25) is 21.8 Å². The van der Waals surface area contributed by atoms with Crippen LogP contribution in [0.15, 0.2) is 48.5 Å². The van der Waals surface area contributed by atoms with E-state index >= 15 is 0 Å². The first-order valence-electron chi connectivity index (χ1n) is 9.44. The molecule has 0 fully saturated rings. The van der Waals surface area contributed by atoms with Crippen molar-refractivity contribution < 1.29 is 27.1 Å². The molecule has 0 bridgehead atoms. The van der Waals surface area contributed by atoms with Gasteiger partial charge in [-0.1, -0.05) is 24.3 Å². The Morgan fingerprint density at radius 1 is 1.16 bits per heavy atom. The van der Waals surface area contributed by atoms with Gasteiger partial charge in [-0.05, 0) is 25.1 Å². The molecule has 0 saturated heterocycles. The Balaban J connectivity index is 2.41. The number of rotatable bonds is 9. The van der Waals surface area contributed by atoms with Crippen molar-refractivity contribution in [3.8, 4) is 5.75 Å². The molecular weight excluding hydrogens is 425 g/mol. The Hall–Kier alpha value is -3.14. The Morgan fingerprint density at radius 2 is 1.84 bits per heavy atom. The molecule has 168 valence electrons. The van der Waals surface area contributed by atoms with E-state index in [-0.39, 0.29) is 17.8 Å². The van der Waals surface area contributed by atoms with E-state index in [0.717, 1.165) is 15.5 Å². The zero-order valence-corrected chi connectivity index (χ0v) is 18.6. The number of halogens is 1. The molecule has 0 aromatic heterocycles. The molecule has 2 amide bonds. The summed E-state index contributed by atoms with van der Waals surface area (Å²) < 4.78 is 45.1. The van der Waals surface area contributed by atoms with Crippen LogP contribution in [0.3, 0.4) is 0 Å². The van der Waals surface area contributed by atoms with Crippen LogP contribution in [0.25, 0.3) is 0 Å². The highest BCUT2D eigenvalue weighted by molar-refractivity contribution is 7.92. The molecule has 0 aliphatic rings. The van der Waals surface area contributed by atoms with Crippen LogP contribution in [-0.2, 0) is 26.2 Å². The highest BCUT2D eigenvalue weighted by Gasteiger charge is 2.30. The van der Waals surface area contributed by atoms with E-state index in [1.165, 1.54) is 51.4 Å². The molecule has 0 aliphatic carbocycles. The van der Waals surface area contributed by atoms with Crippen LogP contribution in [0.4, 0.5) is 10.1 Å². The Kier molecular flexibility index (Phi) is 7.98. The topological polar surface area (TPSA) is 96.0 Å². The summed E-state index contributed by atoms with van der Waals surface area (Å²) in [6.07, 6.45) is 0.975. The average molecular weight is 452 g/mol. The van der Waals surface area contributed by atoms with Gasteiger partial charge in [-0.3, -0.25) is 13.9 Å². The third-order valence-electron chi connectivity index (χ3n) is 4.73. The van der Waals surface area contributed by atoms with Crippen molar-refractivity contribution in [3.63, 3.8) is 0 Å². The maximum Gasteiger partial charge on any atom is 0.244 e. The number of amides is 2. The number of carbonyl (C=O) groups excluding carboxylic acids is 2. The first-order valence-corrected chi connectivity index (χ1v) is 11.3. The second-order valence-corrected chi connectivity index (χ2v) is 8.78. The number of benzene rings is 2. The van der Waals surface area contributed by atoms with E-state index < -0.39 is 40.2 Å². The fourth-order valence-electron chi connectivity index (χ4n) is 2.98. The van der Waals surface area contributed by atoms with Crippen molar-refractivity contribution in [1.82, 2.24) is 10.2 Å². The second-order valence-electron chi connectivity index (χ2n) is 6.87. The molecule has 2 aromatic carbocycles. The standard InChI is InChI=1S/C21H26FN3O5S/c1-15(21(27)23-2)24(13-16-8-5-6-11-19(16)22)20(26)14-25(31(4,28)29)17-9-7-10-18(12-17)30-3/h5-12,15H,13-14H2,1-4H3,(H,23,27). The van der Waals surface area contributed by atoms with E-state index in [1.54, 1.807) is 18.2 Å². The van der Waals surface area contributed by atoms with Crippen molar-refractivity contribution in [2.24, 2.45) is 0 Å². The first kappa shape index (κ1) is 24.1. The van der Waals surface area contributed by atoms with Gasteiger partial charge in [-0.15, -0.1) is 0 Å². The molecule has 0 heterocycles. The minimum atomic E-state index is -3.85. The van der Waals surface area contributed by atoms with E-state index in [2.05, 4.69) is 5.32 Å². The minimum Gasteiger partial charge on any atom is -0.497 e. The quantitative estimate of drug-likeness (QED) is 0.627. The van der Waals surface area contributed by atoms with Crippen LogP contribution < -0.4 is 14.4 Å². The molecule has 10 heteroatoms. The Morgan fingerprint density at radius 3 is 2.42 bits per heavy atom. The summed E-state index contributed by atoms with van der Waals surface area (Å²) in [7, 11) is -0.987. The summed E-state index contributed by atoms with van der Waals surface area (Å²) in [4.78, 5) is 26.6. The molecule has 0 radical (unpaired) electrons. The number of methoxy groups -OCH3 is 1. The lowest BCUT2D eigenvalue weighted by Gasteiger charge is -2.31. The lowest BCUT2D eigenvalue weighted by molar-refractivity contribution is -0.139. The molecule has 1 atom stereocenters. The molecule has 2 rings (SSSR count). The summed E-state index contributed by atoms with van der Waals surface area (Å²) >= 11 is 0. The molecule has 1 N–H and O–H groups in total. The van der Waals surface area contributed by atoms with E-state index in [0.29, 0.717) is 5.75 Å². The molecule has 0 spiro atoms. The summed E-state index contributed by atoms with van der Waals surface area (Å²) in [5, 5.41) is 2.46. The monoisotopic (exact) mass is 451 g/mol. The van der Waals surface area contributed by atoms with Gasteiger partial charge in [0.15, 0.2) is 0 Å². The SMILES string of the molecule is CNC(=O)C(C)N(Cc1ccccc1F)C(=O)CN(c1cccc(OC)c1)S(C)(=O)=O. The second kappa shape index (κ2) is 10.3. The van der Waals surface area contributed by atoms with E-state index in [9.17, 15) is 22.4 Å². The molecule has 0 aliphatic heterocycles. The fraction of sp³-hybridized carbons (Fsp3) is 0.333. The van der Waals surface area contributed by atoms with Crippen LogP contribution in [0.5, 0.6) is 5.75 Å². The Labute approximate surface area is 181 Å². The number of likely N-dealkylation sites (N-methyl/N-ethyl adjacent to an activating group) is 1. The molecule has 0 saturated carbocycles. The maximum atomic E-state index is 14.2. The number of hydrogen-bond donors (Lipinski definition) is 1. The van der Waals surface area contributed by atoms with Crippen LogP contribution >= 0.6 is 0 Å². The van der Waals surface area contributed by atoms with Gasteiger partial charge in [-0.2, -0.15) is 0 Å². The largest absolute Gasteiger partial charge is 0.497 e. The summed E-state index contributed by atoms with van der Waals surface area (Å²) in [6, 6.07) is 11.2. The normalized spacial score (nSPS) is 12.0. The predicted octanol–water partition coefficient (Wildman–Crippen LogP) is 1.76. The van der Waals surface area contributed by atoms with Gasteiger partial charge < -0.3 is 15.0 Å². The predicted molar refractivity (Wildman–Crippen MR) is 116 cm³/mol. The van der Waals surface area contributed by atoms with Crippen molar-refractivity contribution >= 4 is 27.5 Å².